The Kier molecular flexibility index (Phi) is 5.12. The summed E-state index contributed by atoms with van der Waals surface area (Å²) < 4.78 is 1.51. The van der Waals surface area contributed by atoms with Crippen LogP contribution in [-0.2, 0) is 4.79 Å². The molecule has 0 aliphatic heterocycles. The number of amides is 1. The highest BCUT2D eigenvalue weighted by atomic mass is 32.2. The fourth-order valence-corrected chi connectivity index (χ4v) is 2.84. The molecule has 0 aliphatic rings. The van der Waals surface area contributed by atoms with E-state index in [1.165, 1.54) is 16.4 Å². The van der Waals surface area contributed by atoms with Crippen LogP contribution in [0.15, 0.2) is 29.4 Å². The summed E-state index contributed by atoms with van der Waals surface area (Å²) in [5.41, 5.74) is 2.86. The van der Waals surface area contributed by atoms with Crippen molar-refractivity contribution in [1.82, 2.24) is 25.6 Å². The van der Waals surface area contributed by atoms with E-state index in [4.69, 9.17) is 5.84 Å². The lowest BCUT2D eigenvalue weighted by Crippen LogP contribution is -2.37. The number of phenols is 1. The lowest BCUT2D eigenvalue weighted by Gasteiger charge is -2.13. The van der Waals surface area contributed by atoms with Crippen LogP contribution in [0.4, 0.5) is 0 Å². The third-order valence-electron chi connectivity index (χ3n) is 2.77. The number of carbonyl (C=O) groups is 1. The van der Waals surface area contributed by atoms with E-state index in [1.807, 2.05) is 6.92 Å². The minimum Gasteiger partial charge on any atom is -0.508 e. The van der Waals surface area contributed by atoms with Gasteiger partial charge >= 0.3 is 0 Å². The van der Waals surface area contributed by atoms with Crippen molar-refractivity contribution >= 4 is 17.7 Å². The topological polar surface area (TPSA) is 119 Å². The first-order valence-electron chi connectivity index (χ1n) is 6.40. The van der Waals surface area contributed by atoms with Crippen LogP contribution < -0.4 is 11.3 Å². The summed E-state index contributed by atoms with van der Waals surface area (Å²) in [6.45, 7) is 1.99. The zero-order valence-electron chi connectivity index (χ0n) is 11.4. The molecule has 0 radical (unpaired) electrons. The van der Waals surface area contributed by atoms with Crippen LogP contribution >= 0.6 is 11.8 Å². The number of tetrazole rings is 1. The van der Waals surface area contributed by atoms with Gasteiger partial charge in [0, 0.05) is 0 Å². The molecule has 112 valence electrons. The van der Waals surface area contributed by atoms with Gasteiger partial charge in [-0.2, -0.15) is 4.68 Å². The third-order valence-corrected chi connectivity index (χ3v) is 3.97. The molecule has 1 heterocycles. The Bertz CT molecular complexity index is 600. The van der Waals surface area contributed by atoms with E-state index in [0.717, 1.165) is 6.42 Å². The highest BCUT2D eigenvalue weighted by Crippen LogP contribution is 2.26. The van der Waals surface area contributed by atoms with Gasteiger partial charge in [-0.3, -0.25) is 10.2 Å². The molecule has 1 amide bonds. The predicted molar refractivity (Wildman–Crippen MR) is 77.7 cm³/mol. The number of benzene rings is 1. The fourth-order valence-electron chi connectivity index (χ4n) is 1.73. The van der Waals surface area contributed by atoms with E-state index in [9.17, 15) is 9.90 Å². The molecule has 0 spiro atoms. The normalized spacial score (nSPS) is 12.1. The van der Waals surface area contributed by atoms with E-state index < -0.39 is 0 Å². The molecule has 21 heavy (non-hydrogen) atoms. The van der Waals surface area contributed by atoms with Gasteiger partial charge in [-0.25, -0.2) is 5.84 Å². The highest BCUT2D eigenvalue weighted by Gasteiger charge is 2.22. The molecule has 9 heteroatoms. The summed E-state index contributed by atoms with van der Waals surface area (Å²) in [5, 5.41) is 20.9. The van der Waals surface area contributed by atoms with Gasteiger partial charge in [-0.05, 0) is 41.1 Å². The Balaban J connectivity index is 2.23. The van der Waals surface area contributed by atoms with Crippen LogP contribution in [0.2, 0.25) is 0 Å². The second-order valence-electron chi connectivity index (χ2n) is 4.29. The van der Waals surface area contributed by atoms with E-state index in [0.29, 0.717) is 17.3 Å². The number of nitrogens with one attached hydrogen (secondary N) is 1. The lowest BCUT2D eigenvalue weighted by atomic mass is 10.2. The molecule has 0 bridgehead atoms. The monoisotopic (exact) mass is 308 g/mol. The average Bonchev–Trinajstić information content (AvgIpc) is 2.95. The molecule has 2 aromatic rings. The zero-order valence-corrected chi connectivity index (χ0v) is 12.2. The number of hydrogen-bond donors (Lipinski definition) is 3. The zero-order chi connectivity index (χ0) is 15.2. The summed E-state index contributed by atoms with van der Waals surface area (Å²) >= 11 is 1.25. The molecule has 4 N–H and O–H groups in total. The lowest BCUT2D eigenvalue weighted by molar-refractivity contribution is -0.120. The SMILES string of the molecule is CCCC(Sc1nnnn1-c1ccc(O)cc1)C(=O)NN. The summed E-state index contributed by atoms with van der Waals surface area (Å²) in [7, 11) is 0. The van der Waals surface area contributed by atoms with Crippen molar-refractivity contribution in [3.05, 3.63) is 24.3 Å². The minimum atomic E-state index is -0.359. The van der Waals surface area contributed by atoms with Crippen molar-refractivity contribution in [3.8, 4) is 11.4 Å². The molecule has 1 atom stereocenters. The number of aromatic hydroxyl groups is 1. The summed E-state index contributed by atoms with van der Waals surface area (Å²) in [6, 6.07) is 6.46. The van der Waals surface area contributed by atoms with Crippen molar-refractivity contribution in [3.63, 3.8) is 0 Å². The van der Waals surface area contributed by atoms with Crippen LogP contribution in [0.1, 0.15) is 19.8 Å². The van der Waals surface area contributed by atoms with Crippen LogP contribution in [0.25, 0.3) is 5.69 Å². The van der Waals surface area contributed by atoms with Gasteiger partial charge in [0.25, 0.3) is 0 Å². The van der Waals surface area contributed by atoms with Crippen molar-refractivity contribution < 1.29 is 9.90 Å². The van der Waals surface area contributed by atoms with E-state index in [2.05, 4.69) is 21.0 Å². The number of nitrogens with two attached hydrogens (primary N) is 1. The van der Waals surface area contributed by atoms with Gasteiger partial charge in [0.1, 0.15) is 5.75 Å². The van der Waals surface area contributed by atoms with Gasteiger partial charge in [-0.1, -0.05) is 25.1 Å². The number of phenolic OH excluding ortho intramolecular Hbond substituents is 1. The molecule has 1 aromatic heterocycles. The number of hydrogen-bond acceptors (Lipinski definition) is 7. The molecule has 1 aromatic carbocycles. The fraction of sp³-hybridized carbons (Fsp3) is 0.333. The number of carbonyl (C=O) groups excluding carboxylic acids is 1. The number of thioether (sulfide) groups is 1. The standard InChI is InChI=1S/C12H16N6O2S/c1-2-3-10(11(20)14-13)21-12-15-16-17-18(12)8-4-6-9(19)7-5-8/h4-7,10,19H,2-3,13H2,1H3,(H,14,20). The molecule has 0 saturated heterocycles. The van der Waals surface area contributed by atoms with Gasteiger partial charge in [0.05, 0.1) is 10.9 Å². The van der Waals surface area contributed by atoms with Gasteiger partial charge in [-0.15, -0.1) is 5.10 Å². The maximum absolute atomic E-state index is 11.8. The average molecular weight is 308 g/mol. The van der Waals surface area contributed by atoms with Crippen molar-refractivity contribution in [2.24, 2.45) is 5.84 Å². The Morgan fingerprint density at radius 3 is 2.81 bits per heavy atom. The van der Waals surface area contributed by atoms with Crippen LogP contribution in [0.5, 0.6) is 5.75 Å². The molecule has 1 unspecified atom stereocenters. The number of nitrogens with zero attached hydrogens (tertiary/aromatic N) is 4. The van der Waals surface area contributed by atoms with Gasteiger partial charge < -0.3 is 5.11 Å². The minimum absolute atomic E-state index is 0.160. The molecule has 0 aliphatic carbocycles. The second-order valence-corrected chi connectivity index (χ2v) is 5.46. The number of hydrazine groups is 1. The molecule has 2 rings (SSSR count). The largest absolute Gasteiger partial charge is 0.508 e. The number of aromatic nitrogens is 4. The third kappa shape index (κ3) is 3.70. The second kappa shape index (κ2) is 7.04. The van der Waals surface area contributed by atoms with E-state index in [-0.39, 0.29) is 16.9 Å². The first-order valence-corrected chi connectivity index (χ1v) is 7.28. The summed E-state index contributed by atoms with van der Waals surface area (Å²) in [5.74, 6) is 5.10. The first kappa shape index (κ1) is 15.3. The van der Waals surface area contributed by atoms with Crippen LogP contribution in [-0.4, -0.2) is 36.5 Å². The van der Waals surface area contributed by atoms with E-state index >= 15 is 0 Å². The van der Waals surface area contributed by atoms with Crippen molar-refractivity contribution in [2.75, 3.05) is 0 Å². The molecular weight excluding hydrogens is 292 g/mol. The Morgan fingerprint density at radius 1 is 1.48 bits per heavy atom. The molecule has 8 nitrogen and oxygen atoms in total. The maximum atomic E-state index is 11.8. The van der Waals surface area contributed by atoms with Crippen molar-refractivity contribution in [2.45, 2.75) is 30.2 Å². The molecular formula is C12H16N6O2S. The predicted octanol–water partition coefficient (Wildman–Crippen LogP) is 0.619. The maximum Gasteiger partial charge on any atom is 0.247 e. The van der Waals surface area contributed by atoms with Crippen LogP contribution in [0.3, 0.4) is 0 Å². The Labute approximate surface area is 125 Å². The van der Waals surface area contributed by atoms with Gasteiger partial charge in [0.15, 0.2) is 0 Å². The summed E-state index contributed by atoms with van der Waals surface area (Å²) in [4.78, 5) is 11.8. The summed E-state index contributed by atoms with van der Waals surface area (Å²) in [6.07, 6.45) is 1.50. The van der Waals surface area contributed by atoms with Crippen molar-refractivity contribution in [1.29, 1.82) is 0 Å². The first-order chi connectivity index (χ1) is 10.2. The molecule has 0 saturated carbocycles. The quantitative estimate of drug-likeness (QED) is 0.310. The van der Waals surface area contributed by atoms with Gasteiger partial charge in [0.2, 0.25) is 11.1 Å². The highest BCUT2D eigenvalue weighted by molar-refractivity contribution is 8.00. The Hall–Kier alpha value is -2.13. The number of rotatable bonds is 6. The Morgan fingerprint density at radius 2 is 2.19 bits per heavy atom. The molecule has 0 fully saturated rings. The van der Waals surface area contributed by atoms with E-state index in [1.54, 1.807) is 24.3 Å². The van der Waals surface area contributed by atoms with Crippen LogP contribution in [0, 0.1) is 0 Å². The smallest absolute Gasteiger partial charge is 0.247 e.